The summed E-state index contributed by atoms with van der Waals surface area (Å²) in [6, 6.07) is 9.09. The molecule has 1 nitrogen and oxygen atoms in total. The van der Waals surface area contributed by atoms with E-state index in [1.165, 1.54) is 50.0 Å². The molecule has 1 heterocycles. The van der Waals surface area contributed by atoms with Crippen molar-refractivity contribution < 1.29 is 0 Å². The van der Waals surface area contributed by atoms with Crippen molar-refractivity contribution in [3.05, 3.63) is 29.8 Å². The van der Waals surface area contributed by atoms with Gasteiger partial charge in [-0.1, -0.05) is 31.9 Å². The number of rotatable bonds is 2. The van der Waals surface area contributed by atoms with Crippen LogP contribution in [0.5, 0.6) is 0 Å². The second-order valence-electron chi connectivity index (χ2n) is 4.42. The second kappa shape index (κ2) is 5.20. The Hall–Kier alpha value is -0.980. The van der Waals surface area contributed by atoms with E-state index in [0.29, 0.717) is 0 Å². The van der Waals surface area contributed by atoms with Gasteiger partial charge in [0.05, 0.1) is 0 Å². The fraction of sp³-hybridized carbons (Fsp3) is 0.571. The number of hydrogen-bond donors (Lipinski definition) is 0. The van der Waals surface area contributed by atoms with Gasteiger partial charge in [0.2, 0.25) is 0 Å². The fourth-order valence-corrected chi connectivity index (χ4v) is 2.27. The van der Waals surface area contributed by atoms with Crippen molar-refractivity contribution in [1.82, 2.24) is 0 Å². The summed E-state index contributed by atoms with van der Waals surface area (Å²) >= 11 is 0. The topological polar surface area (TPSA) is 3.24 Å². The third-order valence-electron chi connectivity index (χ3n) is 3.32. The standard InChI is InChI=1S/C14H21N/c1-2-13-7-9-14(10-8-13)15-11-5-3-4-6-12-15/h7-10H,2-6,11-12H2,1H3. The van der Waals surface area contributed by atoms with Gasteiger partial charge in [0.1, 0.15) is 0 Å². The minimum atomic E-state index is 1.14. The lowest BCUT2D eigenvalue weighted by molar-refractivity contribution is 0.726. The van der Waals surface area contributed by atoms with Crippen LogP contribution in [0.15, 0.2) is 24.3 Å². The molecule has 15 heavy (non-hydrogen) atoms. The van der Waals surface area contributed by atoms with Crippen molar-refractivity contribution in [2.75, 3.05) is 18.0 Å². The molecule has 0 bridgehead atoms. The average molecular weight is 203 g/mol. The summed E-state index contributed by atoms with van der Waals surface area (Å²) in [5, 5.41) is 0. The third kappa shape index (κ3) is 2.74. The lowest BCUT2D eigenvalue weighted by atomic mass is 10.1. The van der Waals surface area contributed by atoms with Crippen LogP contribution in [-0.2, 0) is 6.42 Å². The van der Waals surface area contributed by atoms with Crippen LogP contribution < -0.4 is 4.90 Å². The van der Waals surface area contributed by atoms with Crippen LogP contribution in [0.1, 0.15) is 38.2 Å². The zero-order chi connectivity index (χ0) is 10.5. The average Bonchev–Trinajstić information content (AvgIpc) is 2.58. The SMILES string of the molecule is CCc1ccc(N2CCCCCC2)cc1. The number of benzene rings is 1. The molecular formula is C14H21N. The van der Waals surface area contributed by atoms with Crippen LogP contribution in [0.25, 0.3) is 0 Å². The highest BCUT2D eigenvalue weighted by Gasteiger charge is 2.08. The molecule has 0 saturated carbocycles. The minimum absolute atomic E-state index is 1.14. The molecule has 0 unspecified atom stereocenters. The number of hydrogen-bond acceptors (Lipinski definition) is 1. The van der Waals surface area contributed by atoms with Crippen LogP contribution in [-0.4, -0.2) is 13.1 Å². The number of anilines is 1. The molecule has 0 aliphatic carbocycles. The molecule has 0 spiro atoms. The van der Waals surface area contributed by atoms with E-state index in [4.69, 9.17) is 0 Å². The van der Waals surface area contributed by atoms with Gasteiger partial charge in [0.15, 0.2) is 0 Å². The normalized spacial score (nSPS) is 17.5. The molecule has 2 rings (SSSR count). The molecule has 0 radical (unpaired) electrons. The first kappa shape index (κ1) is 10.5. The van der Waals surface area contributed by atoms with Crippen LogP contribution in [0.4, 0.5) is 5.69 Å². The Morgan fingerprint density at radius 1 is 0.933 bits per heavy atom. The first-order valence-corrected chi connectivity index (χ1v) is 6.24. The predicted octanol–water partition coefficient (Wildman–Crippen LogP) is 3.63. The van der Waals surface area contributed by atoms with E-state index in [0.717, 1.165) is 6.42 Å². The minimum Gasteiger partial charge on any atom is -0.372 e. The molecule has 1 aromatic carbocycles. The molecule has 1 heteroatoms. The first-order valence-electron chi connectivity index (χ1n) is 6.24. The lowest BCUT2D eigenvalue weighted by Gasteiger charge is -2.22. The summed E-state index contributed by atoms with van der Waals surface area (Å²) in [6.07, 6.45) is 6.67. The van der Waals surface area contributed by atoms with Gasteiger partial charge in [0.25, 0.3) is 0 Å². The quantitative estimate of drug-likeness (QED) is 0.709. The Morgan fingerprint density at radius 2 is 1.53 bits per heavy atom. The van der Waals surface area contributed by atoms with Crippen LogP contribution in [0.3, 0.4) is 0 Å². The Labute approximate surface area is 93.1 Å². The summed E-state index contributed by atoms with van der Waals surface area (Å²) in [6.45, 7) is 4.69. The van der Waals surface area contributed by atoms with E-state index in [-0.39, 0.29) is 0 Å². The van der Waals surface area contributed by atoms with Crippen molar-refractivity contribution in [2.24, 2.45) is 0 Å². The van der Waals surface area contributed by atoms with Gasteiger partial charge in [-0.05, 0) is 37.0 Å². The fourth-order valence-electron chi connectivity index (χ4n) is 2.27. The van der Waals surface area contributed by atoms with Gasteiger partial charge in [-0.15, -0.1) is 0 Å². The van der Waals surface area contributed by atoms with Crippen molar-refractivity contribution in [1.29, 1.82) is 0 Å². The van der Waals surface area contributed by atoms with E-state index in [1.54, 1.807) is 0 Å². The third-order valence-corrected chi connectivity index (χ3v) is 3.32. The Bertz CT molecular complexity index is 281. The molecule has 1 fully saturated rings. The van der Waals surface area contributed by atoms with Gasteiger partial charge >= 0.3 is 0 Å². The summed E-state index contributed by atoms with van der Waals surface area (Å²) in [5.41, 5.74) is 2.85. The molecule has 82 valence electrons. The maximum Gasteiger partial charge on any atom is 0.0366 e. The van der Waals surface area contributed by atoms with E-state index >= 15 is 0 Å². The van der Waals surface area contributed by atoms with E-state index in [1.807, 2.05) is 0 Å². The highest BCUT2D eigenvalue weighted by molar-refractivity contribution is 5.47. The van der Waals surface area contributed by atoms with Crippen molar-refractivity contribution >= 4 is 5.69 Å². The van der Waals surface area contributed by atoms with Crippen molar-refractivity contribution in [3.8, 4) is 0 Å². The predicted molar refractivity (Wildman–Crippen MR) is 66.5 cm³/mol. The van der Waals surface area contributed by atoms with Crippen molar-refractivity contribution in [3.63, 3.8) is 0 Å². The highest BCUT2D eigenvalue weighted by atomic mass is 15.1. The molecule has 0 amide bonds. The molecule has 0 N–H and O–H groups in total. The molecular weight excluding hydrogens is 182 g/mol. The highest BCUT2D eigenvalue weighted by Crippen LogP contribution is 2.19. The van der Waals surface area contributed by atoms with Gasteiger partial charge in [0, 0.05) is 18.8 Å². The van der Waals surface area contributed by atoms with E-state index in [2.05, 4.69) is 36.1 Å². The maximum absolute atomic E-state index is 2.53. The van der Waals surface area contributed by atoms with E-state index in [9.17, 15) is 0 Å². The smallest absolute Gasteiger partial charge is 0.0366 e. The Morgan fingerprint density at radius 3 is 2.07 bits per heavy atom. The Kier molecular flexibility index (Phi) is 3.65. The molecule has 1 aliphatic rings. The molecule has 0 aromatic heterocycles. The number of nitrogens with zero attached hydrogens (tertiary/aromatic N) is 1. The zero-order valence-corrected chi connectivity index (χ0v) is 9.71. The van der Waals surface area contributed by atoms with Gasteiger partial charge in [-0.2, -0.15) is 0 Å². The van der Waals surface area contributed by atoms with Gasteiger partial charge in [-0.3, -0.25) is 0 Å². The summed E-state index contributed by atoms with van der Waals surface area (Å²) < 4.78 is 0. The second-order valence-corrected chi connectivity index (χ2v) is 4.42. The molecule has 1 aromatic rings. The zero-order valence-electron chi connectivity index (χ0n) is 9.71. The molecule has 0 atom stereocenters. The van der Waals surface area contributed by atoms with Gasteiger partial charge < -0.3 is 4.90 Å². The number of aryl methyl sites for hydroxylation is 1. The van der Waals surface area contributed by atoms with Crippen LogP contribution in [0.2, 0.25) is 0 Å². The Balaban J connectivity index is 2.06. The van der Waals surface area contributed by atoms with Gasteiger partial charge in [-0.25, -0.2) is 0 Å². The summed E-state index contributed by atoms with van der Waals surface area (Å²) in [4.78, 5) is 2.53. The summed E-state index contributed by atoms with van der Waals surface area (Å²) in [5.74, 6) is 0. The first-order chi connectivity index (χ1) is 7.40. The lowest BCUT2D eigenvalue weighted by Crippen LogP contribution is -2.23. The maximum atomic E-state index is 2.53. The van der Waals surface area contributed by atoms with Crippen LogP contribution in [0, 0.1) is 0 Å². The summed E-state index contributed by atoms with van der Waals surface area (Å²) in [7, 11) is 0. The molecule has 1 saturated heterocycles. The van der Waals surface area contributed by atoms with Crippen molar-refractivity contribution in [2.45, 2.75) is 39.0 Å². The van der Waals surface area contributed by atoms with E-state index < -0.39 is 0 Å². The monoisotopic (exact) mass is 203 g/mol. The molecule has 1 aliphatic heterocycles. The largest absolute Gasteiger partial charge is 0.372 e. The van der Waals surface area contributed by atoms with Crippen LogP contribution >= 0.6 is 0 Å².